The molecule has 0 amide bonds. The van der Waals surface area contributed by atoms with Crippen molar-refractivity contribution in [2.45, 2.75) is 64.8 Å². The van der Waals surface area contributed by atoms with Crippen molar-refractivity contribution in [1.29, 1.82) is 0 Å². The van der Waals surface area contributed by atoms with Gasteiger partial charge in [-0.05, 0) is 38.0 Å². The van der Waals surface area contributed by atoms with E-state index in [1.165, 1.54) is 51.4 Å². The van der Waals surface area contributed by atoms with Crippen LogP contribution < -0.4 is 5.32 Å². The van der Waals surface area contributed by atoms with Crippen LogP contribution in [0.5, 0.6) is 0 Å². The molecule has 2 fully saturated rings. The maximum absolute atomic E-state index is 4.85. The van der Waals surface area contributed by atoms with E-state index in [2.05, 4.69) is 27.3 Å². The Morgan fingerprint density at radius 2 is 1.96 bits per heavy atom. The summed E-state index contributed by atoms with van der Waals surface area (Å²) in [6.45, 7) is 5.91. The summed E-state index contributed by atoms with van der Waals surface area (Å²) >= 11 is 0. The normalized spacial score (nSPS) is 21.8. The summed E-state index contributed by atoms with van der Waals surface area (Å²) in [5, 5.41) is 11.6. The number of hydrogen-bond donors (Lipinski definition) is 1. The summed E-state index contributed by atoms with van der Waals surface area (Å²) in [6.07, 6.45) is 12.9. The zero-order chi connectivity index (χ0) is 16.8. The highest BCUT2D eigenvalue weighted by Crippen LogP contribution is 2.42. The van der Waals surface area contributed by atoms with Gasteiger partial charge in [0.15, 0.2) is 11.8 Å². The molecule has 24 heavy (non-hydrogen) atoms. The van der Waals surface area contributed by atoms with Crippen molar-refractivity contribution in [2.75, 3.05) is 19.6 Å². The number of aromatic nitrogens is 3. The van der Waals surface area contributed by atoms with Crippen LogP contribution in [0.4, 0.5) is 0 Å². The first-order valence-electron chi connectivity index (χ1n) is 9.59. The first-order valence-corrected chi connectivity index (χ1v) is 9.59. The molecule has 0 bridgehead atoms. The number of guanidine groups is 1. The quantitative estimate of drug-likeness (QED) is 0.683. The molecule has 134 valence electrons. The number of rotatable bonds is 3. The second-order valence-corrected chi connectivity index (χ2v) is 7.47. The number of piperidine rings is 1. The molecule has 2 aliphatic rings. The van der Waals surface area contributed by atoms with Crippen LogP contribution in [0.25, 0.3) is 0 Å². The molecule has 0 unspecified atom stereocenters. The molecule has 1 saturated carbocycles. The van der Waals surface area contributed by atoms with Gasteiger partial charge in [-0.3, -0.25) is 0 Å². The Balaban J connectivity index is 1.71. The summed E-state index contributed by atoms with van der Waals surface area (Å²) in [4.78, 5) is 7.34. The number of aliphatic imine (C=N–C) groups is 1. The van der Waals surface area contributed by atoms with Gasteiger partial charge in [0, 0.05) is 26.7 Å². The van der Waals surface area contributed by atoms with Crippen molar-refractivity contribution in [2.24, 2.45) is 17.5 Å². The zero-order valence-corrected chi connectivity index (χ0v) is 15.3. The van der Waals surface area contributed by atoms with Gasteiger partial charge in [-0.25, -0.2) is 4.99 Å². The number of aryl methyl sites for hydroxylation is 1. The van der Waals surface area contributed by atoms with Crippen LogP contribution in [-0.2, 0) is 13.6 Å². The molecule has 1 saturated heterocycles. The second-order valence-electron chi connectivity index (χ2n) is 7.47. The molecule has 3 rings (SSSR count). The Bertz CT molecular complexity index is 541. The minimum absolute atomic E-state index is 0.524. The van der Waals surface area contributed by atoms with Gasteiger partial charge < -0.3 is 14.8 Å². The lowest BCUT2D eigenvalue weighted by Gasteiger charge is -2.44. The van der Waals surface area contributed by atoms with Gasteiger partial charge in [0.25, 0.3) is 0 Å². The minimum atomic E-state index is 0.524. The Labute approximate surface area is 145 Å². The van der Waals surface area contributed by atoms with E-state index in [9.17, 15) is 0 Å². The van der Waals surface area contributed by atoms with E-state index in [0.717, 1.165) is 31.4 Å². The largest absolute Gasteiger partial charge is 0.357 e. The van der Waals surface area contributed by atoms with E-state index in [1.807, 2.05) is 11.6 Å². The fourth-order valence-electron chi connectivity index (χ4n) is 4.30. The van der Waals surface area contributed by atoms with Gasteiger partial charge in [0.05, 0.1) is 0 Å². The molecule has 1 aromatic heterocycles. The van der Waals surface area contributed by atoms with Crippen LogP contribution in [0.15, 0.2) is 11.3 Å². The predicted octanol–water partition coefficient (Wildman–Crippen LogP) is 2.72. The van der Waals surface area contributed by atoms with Gasteiger partial charge >= 0.3 is 0 Å². The molecule has 1 aliphatic heterocycles. The fraction of sp³-hybridized carbons (Fsp3) is 0.833. The predicted molar refractivity (Wildman–Crippen MR) is 96.8 cm³/mol. The molecule has 1 N–H and O–H groups in total. The molecular weight excluding hydrogens is 300 g/mol. The van der Waals surface area contributed by atoms with Gasteiger partial charge in [-0.1, -0.05) is 25.7 Å². The monoisotopic (exact) mass is 332 g/mol. The van der Waals surface area contributed by atoms with Crippen LogP contribution in [0.3, 0.4) is 0 Å². The first kappa shape index (κ1) is 17.2. The average Bonchev–Trinajstić information content (AvgIpc) is 2.87. The molecule has 2 heterocycles. The number of nitrogens with one attached hydrogen (secondary N) is 1. The Hall–Kier alpha value is -1.59. The van der Waals surface area contributed by atoms with E-state index < -0.39 is 0 Å². The van der Waals surface area contributed by atoms with E-state index in [0.29, 0.717) is 12.0 Å². The first-order chi connectivity index (χ1) is 11.7. The lowest BCUT2D eigenvalue weighted by Crippen LogP contribution is -2.50. The van der Waals surface area contributed by atoms with Crippen LogP contribution in [0.1, 0.15) is 64.1 Å². The molecule has 1 aliphatic carbocycles. The fourth-order valence-corrected chi connectivity index (χ4v) is 4.30. The van der Waals surface area contributed by atoms with Gasteiger partial charge in [-0.15, -0.1) is 10.2 Å². The molecular formula is C18H32N6. The summed E-state index contributed by atoms with van der Waals surface area (Å²) in [7, 11) is 1.97. The van der Waals surface area contributed by atoms with E-state index in [4.69, 9.17) is 4.99 Å². The summed E-state index contributed by atoms with van der Waals surface area (Å²) in [5.74, 6) is 1.95. The second kappa shape index (κ2) is 7.99. The van der Waals surface area contributed by atoms with Crippen LogP contribution in [0.2, 0.25) is 0 Å². The maximum Gasteiger partial charge on any atom is 0.194 e. The minimum Gasteiger partial charge on any atom is -0.357 e. The summed E-state index contributed by atoms with van der Waals surface area (Å²) < 4.78 is 1.94. The van der Waals surface area contributed by atoms with Crippen molar-refractivity contribution >= 4 is 5.96 Å². The third-order valence-corrected chi connectivity index (χ3v) is 5.64. The van der Waals surface area contributed by atoms with Crippen LogP contribution in [0, 0.1) is 5.41 Å². The van der Waals surface area contributed by atoms with Gasteiger partial charge in [-0.2, -0.15) is 0 Å². The average molecular weight is 332 g/mol. The Kier molecular flexibility index (Phi) is 5.74. The van der Waals surface area contributed by atoms with Crippen LogP contribution >= 0.6 is 0 Å². The maximum atomic E-state index is 4.85. The highest BCUT2D eigenvalue weighted by atomic mass is 15.3. The summed E-state index contributed by atoms with van der Waals surface area (Å²) in [6, 6.07) is 0. The third kappa shape index (κ3) is 4.08. The lowest BCUT2D eigenvalue weighted by molar-refractivity contribution is 0.115. The Morgan fingerprint density at radius 3 is 2.62 bits per heavy atom. The Morgan fingerprint density at radius 1 is 1.21 bits per heavy atom. The SMILES string of the molecule is CCNC(=NCc1nncn1C)N1CCCC2(CCCCCC2)C1. The lowest BCUT2D eigenvalue weighted by atomic mass is 9.74. The van der Waals surface area contributed by atoms with E-state index >= 15 is 0 Å². The van der Waals surface area contributed by atoms with Crippen molar-refractivity contribution < 1.29 is 0 Å². The zero-order valence-electron chi connectivity index (χ0n) is 15.3. The molecule has 0 radical (unpaired) electrons. The van der Waals surface area contributed by atoms with E-state index in [-0.39, 0.29) is 0 Å². The molecule has 0 aromatic carbocycles. The topological polar surface area (TPSA) is 58.3 Å². The van der Waals surface area contributed by atoms with Crippen molar-refractivity contribution in [3.05, 3.63) is 12.2 Å². The van der Waals surface area contributed by atoms with Gasteiger partial charge in [0.1, 0.15) is 12.9 Å². The number of hydrogen-bond acceptors (Lipinski definition) is 3. The van der Waals surface area contributed by atoms with Crippen molar-refractivity contribution in [3.8, 4) is 0 Å². The third-order valence-electron chi connectivity index (χ3n) is 5.64. The molecule has 6 nitrogen and oxygen atoms in total. The molecule has 1 aromatic rings. The number of likely N-dealkylation sites (tertiary alicyclic amines) is 1. The molecule has 1 spiro atoms. The van der Waals surface area contributed by atoms with Gasteiger partial charge in [0.2, 0.25) is 0 Å². The van der Waals surface area contributed by atoms with Crippen molar-refractivity contribution in [3.63, 3.8) is 0 Å². The van der Waals surface area contributed by atoms with Crippen molar-refractivity contribution in [1.82, 2.24) is 25.0 Å². The van der Waals surface area contributed by atoms with Crippen LogP contribution in [-0.4, -0.2) is 45.3 Å². The number of nitrogens with zero attached hydrogens (tertiary/aromatic N) is 5. The highest BCUT2D eigenvalue weighted by Gasteiger charge is 2.36. The molecule has 0 atom stereocenters. The molecule has 6 heteroatoms. The smallest absolute Gasteiger partial charge is 0.194 e. The summed E-state index contributed by atoms with van der Waals surface area (Å²) in [5.41, 5.74) is 0.524. The van der Waals surface area contributed by atoms with E-state index in [1.54, 1.807) is 6.33 Å². The standard InChI is InChI=1S/C18H32N6/c1-3-19-17(20-13-16-22-21-15-23(16)2)24-12-8-11-18(14-24)9-6-4-5-7-10-18/h15H,3-14H2,1-2H3,(H,19,20). The highest BCUT2D eigenvalue weighted by molar-refractivity contribution is 5.80.